The second-order valence-corrected chi connectivity index (χ2v) is 6.57. The molecule has 0 saturated heterocycles. The fourth-order valence-electron chi connectivity index (χ4n) is 3.38. The second kappa shape index (κ2) is 7.11. The van der Waals surface area contributed by atoms with Gasteiger partial charge in [-0.1, -0.05) is 18.2 Å². The van der Waals surface area contributed by atoms with Gasteiger partial charge in [0.1, 0.15) is 6.54 Å². The molecule has 1 aliphatic rings. The third-order valence-electron chi connectivity index (χ3n) is 4.77. The molecule has 3 aromatic rings. The first-order chi connectivity index (χ1) is 13.5. The minimum absolute atomic E-state index is 0.174. The summed E-state index contributed by atoms with van der Waals surface area (Å²) in [5.41, 5.74) is 3.47. The lowest BCUT2D eigenvalue weighted by atomic mass is 9.94. The van der Waals surface area contributed by atoms with E-state index in [1.54, 1.807) is 23.4 Å². The summed E-state index contributed by atoms with van der Waals surface area (Å²) in [7, 11) is 0. The number of aromatic nitrogens is 2. The number of fused-ring (bicyclic) bond motifs is 1. The lowest BCUT2D eigenvalue weighted by Crippen LogP contribution is -2.38. The summed E-state index contributed by atoms with van der Waals surface area (Å²) in [6.45, 7) is 0.0137. The Balaban J connectivity index is 1.70. The normalized spacial score (nSPS) is 13.3. The molecule has 28 heavy (non-hydrogen) atoms. The second-order valence-electron chi connectivity index (χ2n) is 6.57. The fourth-order valence-corrected chi connectivity index (χ4v) is 3.38. The molecule has 0 aliphatic carbocycles. The van der Waals surface area contributed by atoms with Crippen molar-refractivity contribution in [3.05, 3.63) is 82.5 Å². The van der Waals surface area contributed by atoms with Crippen LogP contribution in [0.15, 0.2) is 65.8 Å². The number of carbonyl (C=O) groups is 2. The smallest absolute Gasteiger partial charge is 0.323 e. The maximum Gasteiger partial charge on any atom is 0.323 e. The van der Waals surface area contributed by atoms with Gasteiger partial charge in [-0.3, -0.25) is 19.4 Å². The van der Waals surface area contributed by atoms with Crippen LogP contribution in [0.2, 0.25) is 0 Å². The van der Waals surface area contributed by atoms with Crippen molar-refractivity contribution in [1.82, 2.24) is 9.55 Å². The van der Waals surface area contributed by atoms with Gasteiger partial charge in [0.15, 0.2) is 0 Å². The summed E-state index contributed by atoms with van der Waals surface area (Å²) in [6, 6.07) is 12.4. The van der Waals surface area contributed by atoms with E-state index in [1.807, 2.05) is 30.3 Å². The molecular formula is C21H17N3O4. The molecule has 2 aromatic heterocycles. The zero-order valence-corrected chi connectivity index (χ0v) is 14.9. The van der Waals surface area contributed by atoms with Crippen LogP contribution in [0.4, 0.5) is 5.69 Å². The van der Waals surface area contributed by atoms with Crippen LogP contribution in [0.25, 0.3) is 11.1 Å². The maximum absolute atomic E-state index is 13.1. The van der Waals surface area contributed by atoms with Gasteiger partial charge >= 0.3 is 5.97 Å². The highest BCUT2D eigenvalue weighted by atomic mass is 16.4. The number of carboxylic acid groups (broad SMARTS) is 1. The lowest BCUT2D eigenvalue weighted by molar-refractivity contribution is -0.137. The molecule has 7 nitrogen and oxygen atoms in total. The van der Waals surface area contributed by atoms with Crippen molar-refractivity contribution < 1.29 is 14.7 Å². The van der Waals surface area contributed by atoms with Crippen molar-refractivity contribution in [2.75, 3.05) is 11.4 Å². The zero-order valence-electron chi connectivity index (χ0n) is 14.9. The van der Waals surface area contributed by atoms with E-state index in [0.717, 1.165) is 21.3 Å². The molecule has 1 amide bonds. The summed E-state index contributed by atoms with van der Waals surface area (Å²) in [5.74, 6) is -1.29. The Morgan fingerprint density at radius 1 is 1.11 bits per heavy atom. The molecule has 140 valence electrons. The molecule has 0 radical (unpaired) electrons. The topological polar surface area (TPSA) is 92.5 Å². The molecule has 0 atom stereocenters. The number of nitrogens with zero attached hydrogens (tertiary/aromatic N) is 3. The van der Waals surface area contributed by atoms with E-state index in [1.165, 1.54) is 12.3 Å². The Labute approximate surface area is 160 Å². The Kier molecular flexibility index (Phi) is 4.49. The number of rotatable bonds is 4. The molecule has 0 bridgehead atoms. The number of hydrogen-bond donors (Lipinski definition) is 1. The molecule has 3 heterocycles. The number of aliphatic carboxylic acids is 1. The average Bonchev–Trinajstić information content (AvgIpc) is 2.70. The minimum atomic E-state index is -1.12. The van der Waals surface area contributed by atoms with Gasteiger partial charge in [0.05, 0.1) is 5.69 Å². The van der Waals surface area contributed by atoms with Crippen LogP contribution in [0.1, 0.15) is 15.9 Å². The van der Waals surface area contributed by atoms with Gasteiger partial charge in [0.25, 0.3) is 11.5 Å². The van der Waals surface area contributed by atoms with Gasteiger partial charge in [0, 0.05) is 42.3 Å². The molecule has 1 aliphatic heterocycles. The van der Waals surface area contributed by atoms with Crippen LogP contribution in [-0.4, -0.2) is 33.1 Å². The van der Waals surface area contributed by atoms with Gasteiger partial charge in [0.2, 0.25) is 0 Å². The quantitative estimate of drug-likeness (QED) is 0.755. The molecule has 0 spiro atoms. The zero-order chi connectivity index (χ0) is 19.7. The Bertz CT molecular complexity index is 1120. The summed E-state index contributed by atoms with van der Waals surface area (Å²) >= 11 is 0. The number of pyridine rings is 2. The first-order valence-corrected chi connectivity index (χ1v) is 8.80. The number of benzene rings is 1. The lowest BCUT2D eigenvalue weighted by Gasteiger charge is -2.29. The number of amides is 1. The van der Waals surface area contributed by atoms with Gasteiger partial charge in [-0.15, -0.1) is 0 Å². The first-order valence-electron chi connectivity index (χ1n) is 8.80. The van der Waals surface area contributed by atoms with Crippen LogP contribution in [0.5, 0.6) is 0 Å². The highest BCUT2D eigenvalue weighted by molar-refractivity contribution is 6.08. The molecule has 1 aromatic carbocycles. The standard InChI is InChI=1S/C21H17N3O4/c25-19-6-5-17(12-23(19)13-20(26)27)24-9-7-14-3-4-15(10-18(14)21(24)28)16-2-1-8-22-11-16/h1-6,8,10-12H,7,9,13H2,(H,26,27). The van der Waals surface area contributed by atoms with Gasteiger partial charge in [-0.25, -0.2) is 0 Å². The molecule has 1 N–H and O–H groups in total. The van der Waals surface area contributed by atoms with Gasteiger partial charge < -0.3 is 14.6 Å². The largest absolute Gasteiger partial charge is 0.480 e. The van der Waals surface area contributed by atoms with Crippen molar-refractivity contribution in [2.24, 2.45) is 0 Å². The summed E-state index contributed by atoms with van der Waals surface area (Å²) in [6.07, 6.45) is 5.53. The predicted octanol–water partition coefficient (Wildman–Crippen LogP) is 2.20. The Hall–Kier alpha value is -3.74. The van der Waals surface area contributed by atoms with Crippen LogP contribution < -0.4 is 10.5 Å². The number of hydrogen-bond acceptors (Lipinski definition) is 4. The van der Waals surface area contributed by atoms with Crippen molar-refractivity contribution >= 4 is 17.6 Å². The average molecular weight is 375 g/mol. The molecule has 4 rings (SSSR count). The maximum atomic E-state index is 13.1. The van der Waals surface area contributed by atoms with Crippen molar-refractivity contribution in [1.29, 1.82) is 0 Å². The minimum Gasteiger partial charge on any atom is -0.480 e. The number of carbonyl (C=O) groups excluding carboxylic acids is 1. The number of carboxylic acids is 1. The van der Waals surface area contributed by atoms with Crippen LogP contribution in [-0.2, 0) is 17.8 Å². The van der Waals surface area contributed by atoms with E-state index in [2.05, 4.69) is 4.98 Å². The van der Waals surface area contributed by atoms with E-state index in [9.17, 15) is 14.4 Å². The third kappa shape index (κ3) is 3.29. The van der Waals surface area contributed by atoms with E-state index in [-0.39, 0.29) is 5.91 Å². The molecule has 0 unspecified atom stereocenters. The van der Waals surface area contributed by atoms with Gasteiger partial charge in [-0.2, -0.15) is 0 Å². The van der Waals surface area contributed by atoms with E-state index in [0.29, 0.717) is 24.2 Å². The van der Waals surface area contributed by atoms with Crippen LogP contribution in [0.3, 0.4) is 0 Å². The van der Waals surface area contributed by atoms with Crippen LogP contribution >= 0.6 is 0 Å². The van der Waals surface area contributed by atoms with Crippen LogP contribution in [0, 0.1) is 0 Å². The Morgan fingerprint density at radius 3 is 2.71 bits per heavy atom. The van der Waals surface area contributed by atoms with E-state index < -0.39 is 18.1 Å². The van der Waals surface area contributed by atoms with E-state index in [4.69, 9.17) is 5.11 Å². The monoisotopic (exact) mass is 375 g/mol. The predicted molar refractivity (Wildman–Crippen MR) is 103 cm³/mol. The summed E-state index contributed by atoms with van der Waals surface area (Å²) < 4.78 is 1.09. The third-order valence-corrected chi connectivity index (χ3v) is 4.77. The summed E-state index contributed by atoms with van der Waals surface area (Å²) in [5, 5.41) is 8.97. The highest BCUT2D eigenvalue weighted by Crippen LogP contribution is 2.28. The van der Waals surface area contributed by atoms with Crippen molar-refractivity contribution in [3.8, 4) is 11.1 Å². The summed E-state index contributed by atoms with van der Waals surface area (Å²) in [4.78, 5) is 41.6. The Morgan fingerprint density at radius 2 is 1.96 bits per heavy atom. The molecule has 0 saturated carbocycles. The highest BCUT2D eigenvalue weighted by Gasteiger charge is 2.26. The number of anilines is 1. The molecule has 0 fully saturated rings. The van der Waals surface area contributed by atoms with Crippen molar-refractivity contribution in [3.63, 3.8) is 0 Å². The molecule has 7 heteroatoms. The molecular weight excluding hydrogens is 358 g/mol. The van der Waals surface area contributed by atoms with Crippen molar-refractivity contribution in [2.45, 2.75) is 13.0 Å². The van der Waals surface area contributed by atoms with Gasteiger partial charge in [-0.05, 0) is 35.7 Å². The SMILES string of the molecule is O=C(O)Cn1cc(N2CCc3ccc(-c4cccnc4)cc3C2=O)ccc1=O. The first kappa shape index (κ1) is 17.7. The fraction of sp³-hybridized carbons (Fsp3) is 0.143. The van der Waals surface area contributed by atoms with E-state index >= 15 is 0 Å².